The second-order valence-corrected chi connectivity index (χ2v) is 8.18. The Bertz CT molecular complexity index is 950. The average molecular weight is 438 g/mol. The molecule has 7 nitrogen and oxygen atoms in total. The number of aryl methyl sites for hydroxylation is 1. The Labute approximate surface area is 189 Å². The van der Waals surface area contributed by atoms with Gasteiger partial charge in [-0.2, -0.15) is 0 Å². The Morgan fingerprint density at radius 3 is 2.34 bits per heavy atom. The maximum Gasteiger partial charge on any atom is 0.337 e. The van der Waals surface area contributed by atoms with Crippen molar-refractivity contribution in [2.45, 2.75) is 45.3 Å². The van der Waals surface area contributed by atoms with Gasteiger partial charge >= 0.3 is 5.97 Å². The Morgan fingerprint density at radius 2 is 1.72 bits per heavy atom. The van der Waals surface area contributed by atoms with E-state index in [1.165, 1.54) is 7.11 Å². The number of hydrogen-bond donors (Lipinski definition) is 2. The zero-order valence-electron chi connectivity index (χ0n) is 18.9. The third kappa shape index (κ3) is 5.95. The molecule has 1 aliphatic rings. The summed E-state index contributed by atoms with van der Waals surface area (Å²) in [6.45, 7) is 5.74. The lowest BCUT2D eigenvalue weighted by Gasteiger charge is -2.35. The van der Waals surface area contributed by atoms with Crippen molar-refractivity contribution in [3.63, 3.8) is 0 Å². The van der Waals surface area contributed by atoms with Gasteiger partial charge in [-0.1, -0.05) is 30.3 Å². The van der Waals surface area contributed by atoms with Crippen molar-refractivity contribution in [2.75, 3.05) is 20.2 Å². The second kappa shape index (κ2) is 10.9. The highest BCUT2D eigenvalue weighted by Gasteiger charge is 2.27. The summed E-state index contributed by atoms with van der Waals surface area (Å²) in [4.78, 5) is 38.8. The quantitative estimate of drug-likeness (QED) is 0.651. The van der Waals surface area contributed by atoms with Crippen LogP contribution in [-0.4, -0.2) is 55.0 Å². The van der Waals surface area contributed by atoms with Crippen LogP contribution in [0.5, 0.6) is 0 Å². The molecule has 0 saturated carbocycles. The molecule has 0 bridgehead atoms. The van der Waals surface area contributed by atoms with Gasteiger partial charge in [-0.15, -0.1) is 0 Å². The molecule has 0 aliphatic carbocycles. The third-order valence-electron chi connectivity index (χ3n) is 6.02. The van der Waals surface area contributed by atoms with Crippen LogP contribution in [0.25, 0.3) is 0 Å². The Hall–Kier alpha value is -3.19. The monoisotopic (exact) mass is 437 g/mol. The zero-order chi connectivity index (χ0) is 23.1. The molecule has 1 unspecified atom stereocenters. The van der Waals surface area contributed by atoms with E-state index in [4.69, 9.17) is 4.74 Å². The van der Waals surface area contributed by atoms with E-state index in [0.717, 1.165) is 37.1 Å². The van der Waals surface area contributed by atoms with Crippen molar-refractivity contribution >= 4 is 17.8 Å². The molecule has 1 heterocycles. The van der Waals surface area contributed by atoms with E-state index in [0.29, 0.717) is 17.7 Å². The van der Waals surface area contributed by atoms with Crippen molar-refractivity contribution in [1.82, 2.24) is 15.5 Å². The van der Waals surface area contributed by atoms with Crippen LogP contribution in [0.2, 0.25) is 0 Å². The molecule has 3 rings (SSSR count). The number of carbonyl (C=O) groups excluding carboxylic acids is 3. The van der Waals surface area contributed by atoms with E-state index in [-0.39, 0.29) is 29.9 Å². The number of carbonyl (C=O) groups is 3. The minimum absolute atomic E-state index is 0.0365. The van der Waals surface area contributed by atoms with Crippen LogP contribution in [0.15, 0.2) is 48.5 Å². The lowest BCUT2D eigenvalue weighted by molar-refractivity contribution is -0.126. The molecular weight excluding hydrogens is 406 g/mol. The van der Waals surface area contributed by atoms with Gasteiger partial charge in [-0.25, -0.2) is 4.79 Å². The molecule has 32 heavy (non-hydrogen) atoms. The maximum absolute atomic E-state index is 12.6. The van der Waals surface area contributed by atoms with Crippen molar-refractivity contribution in [3.8, 4) is 0 Å². The summed E-state index contributed by atoms with van der Waals surface area (Å²) in [5, 5.41) is 6.09. The maximum atomic E-state index is 12.6. The summed E-state index contributed by atoms with van der Waals surface area (Å²) in [5.74, 6) is -0.456. The highest BCUT2D eigenvalue weighted by molar-refractivity contribution is 5.95. The van der Waals surface area contributed by atoms with Crippen LogP contribution >= 0.6 is 0 Å². The molecular formula is C25H31N3O4. The number of hydrogen-bond acceptors (Lipinski definition) is 5. The van der Waals surface area contributed by atoms with Gasteiger partial charge in [0.05, 0.1) is 18.7 Å². The van der Waals surface area contributed by atoms with Gasteiger partial charge in [0.1, 0.15) is 0 Å². The zero-order valence-corrected chi connectivity index (χ0v) is 18.9. The van der Waals surface area contributed by atoms with Gasteiger partial charge in [0.25, 0.3) is 5.91 Å². The standard InChI is InChI=1S/C25H31N3O4/c1-17-6-4-5-7-22(17)24(30)27-21-12-14-28(15-13-21)18(2)23(29)26-16-19-8-10-20(11-9-19)25(31)32-3/h4-11,18,21H,12-16H2,1-3H3,(H,26,29)(H,27,30). The SMILES string of the molecule is COC(=O)c1ccc(CNC(=O)C(C)N2CCC(NC(=O)c3ccccc3C)CC2)cc1. The first kappa shape index (κ1) is 23.5. The number of nitrogens with one attached hydrogen (secondary N) is 2. The van der Waals surface area contributed by atoms with Crippen LogP contribution < -0.4 is 10.6 Å². The minimum Gasteiger partial charge on any atom is -0.465 e. The van der Waals surface area contributed by atoms with Crippen LogP contribution in [-0.2, 0) is 16.1 Å². The highest BCUT2D eigenvalue weighted by atomic mass is 16.5. The minimum atomic E-state index is -0.382. The summed E-state index contributed by atoms with van der Waals surface area (Å²) in [6.07, 6.45) is 1.62. The number of likely N-dealkylation sites (tertiary alicyclic amines) is 1. The molecule has 2 aromatic rings. The number of esters is 1. The fourth-order valence-electron chi connectivity index (χ4n) is 3.90. The highest BCUT2D eigenvalue weighted by Crippen LogP contribution is 2.15. The van der Waals surface area contributed by atoms with Gasteiger partial charge in [0.2, 0.25) is 5.91 Å². The number of piperidine rings is 1. The number of rotatable bonds is 7. The summed E-state index contributed by atoms with van der Waals surface area (Å²) >= 11 is 0. The van der Waals surface area contributed by atoms with E-state index >= 15 is 0 Å². The van der Waals surface area contributed by atoms with Crippen molar-refractivity contribution in [1.29, 1.82) is 0 Å². The smallest absolute Gasteiger partial charge is 0.337 e. The molecule has 1 fully saturated rings. The summed E-state index contributed by atoms with van der Waals surface area (Å²) in [5.41, 5.74) is 3.07. The van der Waals surface area contributed by atoms with Gasteiger partial charge in [-0.05, 0) is 56.0 Å². The van der Waals surface area contributed by atoms with E-state index in [1.54, 1.807) is 24.3 Å². The molecule has 1 aliphatic heterocycles. The molecule has 170 valence electrons. The van der Waals surface area contributed by atoms with Crippen LogP contribution in [0, 0.1) is 6.92 Å². The van der Waals surface area contributed by atoms with E-state index < -0.39 is 0 Å². The topological polar surface area (TPSA) is 87.7 Å². The molecule has 2 amide bonds. The first-order valence-corrected chi connectivity index (χ1v) is 10.9. The van der Waals surface area contributed by atoms with Crippen LogP contribution in [0.3, 0.4) is 0 Å². The van der Waals surface area contributed by atoms with Gasteiger partial charge in [-0.3, -0.25) is 14.5 Å². The molecule has 0 radical (unpaired) electrons. The molecule has 0 aromatic heterocycles. The molecule has 1 atom stereocenters. The number of amides is 2. The average Bonchev–Trinajstić information content (AvgIpc) is 2.82. The van der Waals surface area contributed by atoms with Gasteiger partial charge < -0.3 is 15.4 Å². The fraction of sp³-hybridized carbons (Fsp3) is 0.400. The predicted octanol–water partition coefficient (Wildman–Crippen LogP) is 2.68. The van der Waals surface area contributed by atoms with E-state index in [1.807, 2.05) is 38.1 Å². The molecule has 1 saturated heterocycles. The third-order valence-corrected chi connectivity index (χ3v) is 6.02. The molecule has 2 N–H and O–H groups in total. The van der Waals surface area contributed by atoms with E-state index in [9.17, 15) is 14.4 Å². The van der Waals surface area contributed by atoms with Gasteiger partial charge in [0.15, 0.2) is 0 Å². The summed E-state index contributed by atoms with van der Waals surface area (Å²) in [6, 6.07) is 14.4. The predicted molar refractivity (Wildman–Crippen MR) is 122 cm³/mol. The first-order valence-electron chi connectivity index (χ1n) is 10.9. The first-order chi connectivity index (χ1) is 15.4. The lowest BCUT2D eigenvalue weighted by Crippen LogP contribution is -2.51. The van der Waals surface area contributed by atoms with E-state index in [2.05, 4.69) is 15.5 Å². The number of nitrogens with zero attached hydrogens (tertiary/aromatic N) is 1. The normalized spacial score (nSPS) is 15.6. The summed E-state index contributed by atoms with van der Waals surface area (Å²) < 4.78 is 4.69. The van der Waals surface area contributed by atoms with Crippen molar-refractivity contribution in [2.24, 2.45) is 0 Å². The largest absolute Gasteiger partial charge is 0.465 e. The Balaban J connectivity index is 1.44. The lowest BCUT2D eigenvalue weighted by atomic mass is 10.0. The van der Waals surface area contributed by atoms with Crippen LogP contribution in [0.4, 0.5) is 0 Å². The molecule has 7 heteroatoms. The summed E-state index contributed by atoms with van der Waals surface area (Å²) in [7, 11) is 1.35. The number of methoxy groups -OCH3 is 1. The number of benzene rings is 2. The van der Waals surface area contributed by atoms with Crippen molar-refractivity contribution in [3.05, 3.63) is 70.8 Å². The Kier molecular flexibility index (Phi) is 8.00. The van der Waals surface area contributed by atoms with Crippen LogP contribution in [0.1, 0.15) is 51.6 Å². The second-order valence-electron chi connectivity index (χ2n) is 8.18. The fourth-order valence-corrected chi connectivity index (χ4v) is 3.90. The molecule has 2 aromatic carbocycles. The number of ether oxygens (including phenoxy) is 1. The Morgan fingerprint density at radius 1 is 1.06 bits per heavy atom. The van der Waals surface area contributed by atoms with Gasteiger partial charge in [0, 0.05) is 31.2 Å². The molecule has 0 spiro atoms. The van der Waals surface area contributed by atoms with Crippen molar-refractivity contribution < 1.29 is 19.1 Å².